The Balaban J connectivity index is 0.000000136. The van der Waals surface area contributed by atoms with Crippen LogP contribution in [0.2, 0.25) is 0 Å². The summed E-state index contributed by atoms with van der Waals surface area (Å²) in [5, 5.41) is 52.2. The van der Waals surface area contributed by atoms with Crippen molar-refractivity contribution in [2.45, 2.75) is 166 Å². The number of aryl methyl sites for hydroxylation is 5. The van der Waals surface area contributed by atoms with E-state index < -0.39 is 5.60 Å². The molecule has 0 spiro atoms. The molecule has 3 aliphatic carbocycles. The number of rotatable bonds is 18. The zero-order valence-electron chi connectivity index (χ0n) is 55.9. The van der Waals surface area contributed by atoms with E-state index in [9.17, 15) is 24.3 Å². The van der Waals surface area contributed by atoms with Gasteiger partial charge >= 0.3 is 0 Å². The predicted molar refractivity (Wildman–Crippen MR) is 371 cm³/mol. The first kappa shape index (κ1) is 65.9. The highest BCUT2D eigenvalue weighted by Gasteiger charge is 2.41. The Morgan fingerprint density at radius 3 is 1.50 bits per heavy atom. The third-order valence-corrected chi connectivity index (χ3v) is 20.9. The van der Waals surface area contributed by atoms with Crippen LogP contribution in [0.1, 0.15) is 125 Å². The average Bonchev–Trinajstić information content (AvgIpc) is 0.931. The zero-order valence-corrected chi connectivity index (χ0v) is 55.9. The molecule has 3 amide bonds. The second-order valence-electron chi connectivity index (χ2n) is 28.1. The van der Waals surface area contributed by atoms with Crippen molar-refractivity contribution >= 4 is 67.9 Å². The molecular formula is C72H97N17O5. The number of fused-ring (bicyclic) bond motifs is 3. The van der Waals surface area contributed by atoms with E-state index in [2.05, 4.69) is 141 Å². The van der Waals surface area contributed by atoms with E-state index in [0.29, 0.717) is 23.9 Å². The van der Waals surface area contributed by atoms with Gasteiger partial charge in [0.1, 0.15) is 0 Å². The van der Waals surface area contributed by atoms with Gasteiger partial charge in [0, 0.05) is 116 Å². The second-order valence-corrected chi connectivity index (χ2v) is 28.1. The van der Waals surface area contributed by atoms with E-state index in [0.717, 1.165) is 170 Å². The molecule has 14 rings (SSSR count). The number of likely N-dealkylation sites (tertiary alicyclic amines) is 3. The lowest BCUT2D eigenvalue weighted by Crippen LogP contribution is -2.63. The number of anilines is 3. The summed E-state index contributed by atoms with van der Waals surface area (Å²) in [5.41, 5.74) is 7.70. The highest BCUT2D eigenvalue weighted by Crippen LogP contribution is 2.40. The number of carbonyl (C=O) groups excluding carboxylic acids is 3. The molecule has 5 aromatic heterocycles. The minimum Gasteiger partial charge on any atom is -0.385 e. The molecule has 9 N–H and O–H groups in total. The number of aromatic amines is 2. The largest absolute Gasteiger partial charge is 0.385 e. The third kappa shape index (κ3) is 15.8. The molecule has 3 aromatic carbocycles. The van der Waals surface area contributed by atoms with Crippen molar-refractivity contribution in [2.24, 2.45) is 18.9 Å². The van der Waals surface area contributed by atoms with E-state index in [1.165, 1.54) is 36.8 Å². The number of H-pyrrole nitrogens is 2. The van der Waals surface area contributed by atoms with Crippen molar-refractivity contribution in [3.05, 3.63) is 136 Å². The summed E-state index contributed by atoms with van der Waals surface area (Å²) in [6.45, 7) is 19.0. The van der Waals surface area contributed by atoms with Gasteiger partial charge in [0.2, 0.25) is 17.7 Å². The van der Waals surface area contributed by atoms with Gasteiger partial charge < -0.3 is 41.6 Å². The molecule has 22 heteroatoms. The van der Waals surface area contributed by atoms with Crippen LogP contribution in [-0.4, -0.2) is 172 Å². The van der Waals surface area contributed by atoms with Crippen molar-refractivity contribution in [1.82, 2.24) is 70.4 Å². The predicted octanol–water partition coefficient (Wildman–Crippen LogP) is 8.36. The topological polar surface area (TPSA) is 263 Å². The van der Waals surface area contributed by atoms with Crippen molar-refractivity contribution in [1.29, 1.82) is 0 Å². The van der Waals surface area contributed by atoms with E-state index >= 15 is 0 Å². The van der Waals surface area contributed by atoms with Gasteiger partial charge in [0.05, 0.1) is 59.9 Å². The summed E-state index contributed by atoms with van der Waals surface area (Å²) < 4.78 is 3.71. The Bertz CT molecular complexity index is 3940. The van der Waals surface area contributed by atoms with Crippen molar-refractivity contribution in [3.8, 4) is 0 Å². The number of pyridine rings is 2. The molecule has 3 saturated carbocycles. The summed E-state index contributed by atoms with van der Waals surface area (Å²) in [6, 6.07) is 30.5. The van der Waals surface area contributed by atoms with Gasteiger partial charge in [-0.2, -0.15) is 15.3 Å². The first-order valence-electron chi connectivity index (χ1n) is 34.3. The fourth-order valence-corrected chi connectivity index (χ4v) is 15.1. The van der Waals surface area contributed by atoms with Crippen LogP contribution in [0.3, 0.4) is 0 Å². The molecule has 500 valence electrons. The molecule has 8 heterocycles. The molecule has 94 heavy (non-hydrogen) atoms. The number of hydrogen-bond acceptors (Lipinski definition) is 15. The Morgan fingerprint density at radius 2 is 1.02 bits per heavy atom. The summed E-state index contributed by atoms with van der Waals surface area (Å²) in [7, 11) is 1.91. The number of benzene rings is 3. The van der Waals surface area contributed by atoms with E-state index in [1.807, 2.05) is 78.9 Å². The molecule has 22 nitrogen and oxygen atoms in total. The number of aliphatic hydroxyl groups is 1. The summed E-state index contributed by atoms with van der Waals surface area (Å²) in [4.78, 5) is 61.1. The first-order chi connectivity index (χ1) is 45.4. The lowest BCUT2D eigenvalue weighted by atomic mass is 9.77. The summed E-state index contributed by atoms with van der Waals surface area (Å²) in [5.74, 6) is 3.93. The molecule has 6 fully saturated rings. The van der Waals surface area contributed by atoms with Gasteiger partial charge in [0.15, 0.2) is 17.5 Å². The lowest BCUT2D eigenvalue weighted by Gasteiger charge is -2.48. The molecule has 8 aromatic rings. The SMILES string of the molecule is Cc1ccc2[nH]nc(NCC(=O)NC3CN(C4CCC(C(C)C)CC4)C3)c2c1.Cc1ccc2[nH]nc(NCC(=O)NC3CN(C4CCC(n5ccccc5=O)CC4)C3)c2c1.Cc1ccc2c(c1)c(NCC(=O)NC1CN(C3CCC(O)(c4ccc(C)nc4)CC3)C1)nn2C. The van der Waals surface area contributed by atoms with Crippen molar-refractivity contribution in [2.75, 3.05) is 74.9 Å². The Kier molecular flexibility index (Phi) is 20.5. The maximum absolute atomic E-state index is 12.5. The number of nitrogens with zero attached hydrogens (tertiary/aromatic N) is 9. The van der Waals surface area contributed by atoms with Gasteiger partial charge in [-0.1, -0.05) is 60.9 Å². The molecule has 0 bridgehead atoms. The maximum atomic E-state index is 12.5. The Hall–Kier alpha value is -8.18. The van der Waals surface area contributed by atoms with Gasteiger partial charge in [-0.25, -0.2) is 0 Å². The maximum Gasteiger partial charge on any atom is 0.250 e. The zero-order chi connectivity index (χ0) is 65.6. The number of amides is 3. The van der Waals surface area contributed by atoms with Crippen LogP contribution in [-0.2, 0) is 27.0 Å². The van der Waals surface area contributed by atoms with Gasteiger partial charge in [-0.15, -0.1) is 0 Å². The monoisotopic (exact) mass is 1280 g/mol. The molecular weight excluding hydrogens is 1180 g/mol. The van der Waals surface area contributed by atoms with Gasteiger partial charge in [-0.3, -0.25) is 53.7 Å². The normalized spacial score (nSPS) is 23.1. The van der Waals surface area contributed by atoms with Crippen LogP contribution in [0.15, 0.2) is 102 Å². The minimum absolute atomic E-state index is 0.00869. The number of hydrogen-bond donors (Lipinski definition) is 9. The molecule has 6 aliphatic rings. The number of nitrogens with one attached hydrogen (secondary N) is 8. The summed E-state index contributed by atoms with van der Waals surface area (Å²) in [6.07, 6.45) is 16.7. The molecule has 3 saturated heterocycles. The van der Waals surface area contributed by atoms with Crippen LogP contribution < -0.4 is 37.5 Å². The van der Waals surface area contributed by atoms with Crippen molar-refractivity contribution < 1.29 is 19.5 Å². The van der Waals surface area contributed by atoms with E-state index in [-0.39, 0.29) is 61.0 Å². The van der Waals surface area contributed by atoms with Crippen LogP contribution in [0.4, 0.5) is 17.5 Å². The second kappa shape index (κ2) is 29.2. The third-order valence-electron chi connectivity index (χ3n) is 20.9. The summed E-state index contributed by atoms with van der Waals surface area (Å²) >= 11 is 0. The van der Waals surface area contributed by atoms with Crippen LogP contribution >= 0.6 is 0 Å². The lowest BCUT2D eigenvalue weighted by molar-refractivity contribution is -0.122. The fourth-order valence-electron chi connectivity index (χ4n) is 15.1. The smallest absolute Gasteiger partial charge is 0.250 e. The fraction of sp³-hybridized carbons (Fsp3) is 0.528. The van der Waals surface area contributed by atoms with E-state index in [1.54, 1.807) is 12.1 Å². The minimum atomic E-state index is -0.768. The highest BCUT2D eigenvalue weighted by atomic mass is 16.3. The van der Waals surface area contributed by atoms with Crippen LogP contribution in [0.5, 0.6) is 0 Å². The van der Waals surface area contributed by atoms with Crippen LogP contribution in [0.25, 0.3) is 32.7 Å². The quantitative estimate of drug-likeness (QED) is 0.0391. The van der Waals surface area contributed by atoms with Crippen LogP contribution in [0, 0.1) is 39.5 Å². The molecule has 0 atom stereocenters. The average molecular weight is 1280 g/mol. The first-order valence-corrected chi connectivity index (χ1v) is 34.3. The van der Waals surface area contributed by atoms with Crippen molar-refractivity contribution in [3.63, 3.8) is 0 Å². The Labute approximate surface area is 551 Å². The highest BCUT2D eigenvalue weighted by molar-refractivity contribution is 5.94. The molecule has 3 aliphatic heterocycles. The number of carbonyl (C=O) groups is 3. The molecule has 0 unspecified atom stereocenters. The standard InChI is InChI=1S/C26H34N6O2.C24H30N6O2.C22H33N5O/c1-17-4-7-23-22(12-17)25(30-31(23)3)28-14-24(33)29-20-15-32(16-20)21-8-10-26(34,11-9-21)19-6-5-18(2)27-13-19;1-16-5-10-21-20(12-16)24(28-27-21)25-13-22(31)26-17-14-29(15-17)18-6-8-19(9-7-18)30-11-3-2-4-23(30)32;1-14(2)16-5-7-18(8-6-16)27-12-17(13-27)24-21(28)11-23-22-19-10-15(3)4-9-20(19)25-26-22/h4-7,12-13,20-21,34H,8-11,14-16H2,1-3H3,(H,28,30)(H,29,33);2-5,10-12,17-19H,6-9,13-15H2,1H3,(H,26,31)(H2,25,27,28);4,9-10,14,16-18H,5-8,11-13H2,1-3H3,(H,24,28)(H2,23,25,26). The Morgan fingerprint density at radius 1 is 0.564 bits per heavy atom. The van der Waals surface area contributed by atoms with E-state index in [4.69, 9.17) is 0 Å². The van der Waals surface area contributed by atoms with Gasteiger partial charge in [-0.05, 0) is 165 Å². The van der Waals surface area contributed by atoms with Gasteiger partial charge in [0.25, 0.3) is 5.56 Å². The molecule has 0 radical (unpaired) electrons. The number of aromatic nitrogens is 8.